The zero-order valence-corrected chi connectivity index (χ0v) is 11.6. The molecule has 100 valence electrons. The Morgan fingerprint density at radius 1 is 1.28 bits per heavy atom. The van der Waals surface area contributed by atoms with E-state index < -0.39 is 9.84 Å². The largest absolute Gasteiger partial charge is 0.334 e. The Morgan fingerprint density at radius 2 is 2.00 bits per heavy atom. The summed E-state index contributed by atoms with van der Waals surface area (Å²) in [7, 11) is -2.77. The highest BCUT2D eigenvalue weighted by Gasteiger charge is 2.28. The number of imidazole rings is 1. The molecule has 18 heavy (non-hydrogen) atoms. The van der Waals surface area contributed by atoms with Crippen LogP contribution in [0.1, 0.15) is 56.0 Å². The van der Waals surface area contributed by atoms with E-state index in [4.69, 9.17) is 4.98 Å². The van der Waals surface area contributed by atoms with Crippen LogP contribution in [-0.4, -0.2) is 29.5 Å². The van der Waals surface area contributed by atoms with E-state index in [1.165, 1.54) is 18.7 Å². The Kier molecular flexibility index (Phi) is 2.96. The topological polar surface area (TPSA) is 52.0 Å². The number of aromatic nitrogens is 2. The molecule has 2 aliphatic rings. The quantitative estimate of drug-likeness (QED) is 0.783. The maximum absolute atomic E-state index is 11.4. The van der Waals surface area contributed by atoms with Crippen molar-refractivity contribution in [3.63, 3.8) is 0 Å². The molecule has 1 fully saturated rings. The van der Waals surface area contributed by atoms with Crippen LogP contribution in [0.25, 0.3) is 0 Å². The van der Waals surface area contributed by atoms with Crippen molar-refractivity contribution in [1.29, 1.82) is 0 Å². The minimum Gasteiger partial charge on any atom is -0.334 e. The Morgan fingerprint density at radius 3 is 2.67 bits per heavy atom. The van der Waals surface area contributed by atoms with Gasteiger partial charge in [0, 0.05) is 24.6 Å². The lowest BCUT2D eigenvalue weighted by Gasteiger charge is -2.19. The van der Waals surface area contributed by atoms with Gasteiger partial charge in [0.2, 0.25) is 0 Å². The van der Waals surface area contributed by atoms with Gasteiger partial charge < -0.3 is 4.57 Å². The SMILES string of the molecule is CC1CCCn2cc(C3CCS(=O)(=O)CC3)nc21. The van der Waals surface area contributed by atoms with Crippen LogP contribution < -0.4 is 0 Å². The van der Waals surface area contributed by atoms with Crippen molar-refractivity contribution >= 4 is 9.84 Å². The van der Waals surface area contributed by atoms with Crippen LogP contribution in [0.2, 0.25) is 0 Å². The van der Waals surface area contributed by atoms with Crippen LogP contribution in [0.15, 0.2) is 6.20 Å². The fraction of sp³-hybridized carbons (Fsp3) is 0.769. The fourth-order valence-electron chi connectivity index (χ4n) is 3.10. The number of hydrogen-bond donors (Lipinski definition) is 0. The summed E-state index contributed by atoms with van der Waals surface area (Å²) in [6.07, 6.45) is 6.09. The molecule has 5 heteroatoms. The van der Waals surface area contributed by atoms with Crippen molar-refractivity contribution in [2.24, 2.45) is 0 Å². The average Bonchev–Trinajstić information content (AvgIpc) is 2.74. The van der Waals surface area contributed by atoms with Gasteiger partial charge in [-0.3, -0.25) is 0 Å². The minimum absolute atomic E-state index is 0.329. The van der Waals surface area contributed by atoms with E-state index in [0.717, 1.165) is 25.1 Å². The molecule has 0 spiro atoms. The lowest BCUT2D eigenvalue weighted by Crippen LogP contribution is -2.22. The highest BCUT2D eigenvalue weighted by molar-refractivity contribution is 7.91. The molecule has 0 amide bonds. The van der Waals surface area contributed by atoms with Crippen LogP contribution in [-0.2, 0) is 16.4 Å². The molecule has 1 aromatic rings. The fourth-order valence-corrected chi connectivity index (χ4v) is 4.59. The highest BCUT2D eigenvalue weighted by Crippen LogP contribution is 2.32. The molecule has 0 saturated carbocycles. The van der Waals surface area contributed by atoms with Crippen LogP contribution in [0.4, 0.5) is 0 Å². The summed E-state index contributed by atoms with van der Waals surface area (Å²) in [6, 6.07) is 0. The van der Waals surface area contributed by atoms with E-state index in [-0.39, 0.29) is 0 Å². The number of aryl methyl sites for hydroxylation is 1. The zero-order valence-electron chi connectivity index (χ0n) is 10.8. The Labute approximate surface area is 108 Å². The number of fused-ring (bicyclic) bond motifs is 1. The standard InChI is InChI=1S/C13H20N2O2S/c1-10-3-2-6-15-9-12(14-13(10)15)11-4-7-18(16,17)8-5-11/h9-11H,2-8H2,1H3. The van der Waals surface area contributed by atoms with Crippen molar-refractivity contribution in [1.82, 2.24) is 9.55 Å². The van der Waals surface area contributed by atoms with Gasteiger partial charge in [0.15, 0.2) is 0 Å². The number of rotatable bonds is 1. The predicted molar refractivity (Wildman–Crippen MR) is 70.5 cm³/mol. The molecule has 1 unspecified atom stereocenters. The highest BCUT2D eigenvalue weighted by atomic mass is 32.2. The van der Waals surface area contributed by atoms with Gasteiger partial charge in [0.05, 0.1) is 17.2 Å². The second kappa shape index (κ2) is 4.37. The van der Waals surface area contributed by atoms with Crippen LogP contribution in [0, 0.1) is 0 Å². The zero-order chi connectivity index (χ0) is 12.8. The number of hydrogen-bond acceptors (Lipinski definition) is 3. The first-order chi connectivity index (χ1) is 8.55. The summed E-state index contributed by atoms with van der Waals surface area (Å²) in [5, 5.41) is 0. The van der Waals surface area contributed by atoms with Crippen molar-refractivity contribution in [2.45, 2.75) is 51.0 Å². The third kappa shape index (κ3) is 2.20. The third-order valence-corrected chi connectivity index (χ3v) is 5.99. The molecule has 4 nitrogen and oxygen atoms in total. The maximum atomic E-state index is 11.4. The maximum Gasteiger partial charge on any atom is 0.150 e. The van der Waals surface area contributed by atoms with Gasteiger partial charge >= 0.3 is 0 Å². The molecule has 1 aromatic heterocycles. The van der Waals surface area contributed by atoms with Crippen LogP contribution >= 0.6 is 0 Å². The number of sulfone groups is 1. The molecule has 0 aliphatic carbocycles. The van der Waals surface area contributed by atoms with E-state index >= 15 is 0 Å². The van der Waals surface area contributed by atoms with Gasteiger partial charge in [-0.25, -0.2) is 13.4 Å². The first kappa shape index (κ1) is 12.2. The third-order valence-electron chi connectivity index (χ3n) is 4.28. The van der Waals surface area contributed by atoms with E-state index in [9.17, 15) is 8.42 Å². The second-order valence-corrected chi connectivity index (χ2v) is 7.99. The average molecular weight is 268 g/mol. The van der Waals surface area contributed by atoms with Gasteiger partial charge in [-0.2, -0.15) is 0 Å². The smallest absolute Gasteiger partial charge is 0.150 e. The Hall–Kier alpha value is -0.840. The van der Waals surface area contributed by atoms with E-state index in [0.29, 0.717) is 23.3 Å². The summed E-state index contributed by atoms with van der Waals surface area (Å²) in [5.74, 6) is 2.74. The minimum atomic E-state index is -2.77. The molecule has 0 bridgehead atoms. The molecule has 1 saturated heterocycles. The van der Waals surface area contributed by atoms with Crippen LogP contribution in [0.5, 0.6) is 0 Å². The summed E-state index contributed by atoms with van der Waals surface area (Å²) in [6.45, 7) is 3.30. The first-order valence-electron chi connectivity index (χ1n) is 6.82. The molecule has 1 atom stereocenters. The molecule has 0 N–H and O–H groups in total. The summed E-state index contributed by atoms with van der Waals surface area (Å²) in [5.41, 5.74) is 1.12. The summed E-state index contributed by atoms with van der Waals surface area (Å²) in [4.78, 5) is 4.77. The number of nitrogens with zero attached hydrogens (tertiary/aromatic N) is 2. The van der Waals surface area contributed by atoms with Crippen molar-refractivity contribution < 1.29 is 8.42 Å². The van der Waals surface area contributed by atoms with Crippen molar-refractivity contribution in [3.8, 4) is 0 Å². The van der Waals surface area contributed by atoms with Gasteiger partial charge in [-0.1, -0.05) is 6.92 Å². The lowest BCUT2D eigenvalue weighted by molar-refractivity contribution is 0.463. The van der Waals surface area contributed by atoms with E-state index in [2.05, 4.69) is 17.7 Å². The van der Waals surface area contributed by atoms with Gasteiger partial charge in [-0.15, -0.1) is 0 Å². The van der Waals surface area contributed by atoms with E-state index in [1.807, 2.05) is 0 Å². The summed E-state index contributed by atoms with van der Waals surface area (Å²) < 4.78 is 25.2. The molecular weight excluding hydrogens is 248 g/mol. The van der Waals surface area contributed by atoms with Crippen LogP contribution in [0.3, 0.4) is 0 Å². The molecule has 0 radical (unpaired) electrons. The predicted octanol–water partition coefficient (Wildman–Crippen LogP) is 2.07. The Balaban J connectivity index is 1.82. The monoisotopic (exact) mass is 268 g/mol. The van der Waals surface area contributed by atoms with Crippen molar-refractivity contribution in [2.75, 3.05) is 11.5 Å². The van der Waals surface area contributed by atoms with E-state index in [1.54, 1.807) is 0 Å². The molecule has 3 heterocycles. The summed E-state index contributed by atoms with van der Waals surface area (Å²) >= 11 is 0. The molecular formula is C13H20N2O2S. The molecule has 3 rings (SSSR count). The molecule has 2 aliphatic heterocycles. The Bertz CT molecular complexity index is 533. The first-order valence-corrected chi connectivity index (χ1v) is 8.65. The van der Waals surface area contributed by atoms with Gasteiger partial charge in [0.25, 0.3) is 0 Å². The van der Waals surface area contributed by atoms with Crippen molar-refractivity contribution in [3.05, 3.63) is 17.7 Å². The molecule has 0 aromatic carbocycles. The second-order valence-electron chi connectivity index (χ2n) is 5.69. The van der Waals surface area contributed by atoms with Gasteiger partial charge in [0.1, 0.15) is 15.7 Å². The lowest BCUT2D eigenvalue weighted by atomic mass is 10.00. The van der Waals surface area contributed by atoms with Gasteiger partial charge in [-0.05, 0) is 25.7 Å². The normalized spacial score (nSPS) is 27.9.